The average molecular weight is 491 g/mol. The molecule has 3 aromatic carbocycles. The molecule has 36 heavy (non-hydrogen) atoms. The van der Waals surface area contributed by atoms with Crippen molar-refractivity contribution in [1.29, 1.82) is 0 Å². The minimum absolute atomic E-state index is 0.111. The highest BCUT2D eigenvalue weighted by Crippen LogP contribution is 2.39. The lowest BCUT2D eigenvalue weighted by Gasteiger charge is -2.15. The van der Waals surface area contributed by atoms with Gasteiger partial charge in [-0.25, -0.2) is 0 Å². The third-order valence-electron chi connectivity index (χ3n) is 5.57. The van der Waals surface area contributed by atoms with Crippen LogP contribution in [0, 0.1) is 0 Å². The molecular weight excluding hydrogens is 460 g/mol. The van der Waals surface area contributed by atoms with Crippen molar-refractivity contribution < 1.29 is 33.6 Å². The van der Waals surface area contributed by atoms with E-state index in [1.165, 1.54) is 18.2 Å². The maximum absolute atomic E-state index is 12.5. The SMILES string of the molecule is COc1cc(/C=C\c2ccc(OC)c(OC)c2C/C=C\C(=O)c2ccc(O)cc2)cc(OC)c1OC. The number of phenolic OH excluding ortho intramolecular Hbond substituents is 1. The Morgan fingerprint density at radius 3 is 1.92 bits per heavy atom. The quantitative estimate of drug-likeness (QED) is 0.213. The van der Waals surface area contributed by atoms with E-state index < -0.39 is 0 Å². The van der Waals surface area contributed by atoms with Gasteiger partial charge in [-0.15, -0.1) is 0 Å². The van der Waals surface area contributed by atoms with Gasteiger partial charge in [0, 0.05) is 11.1 Å². The van der Waals surface area contributed by atoms with Crippen LogP contribution in [-0.4, -0.2) is 46.4 Å². The van der Waals surface area contributed by atoms with Gasteiger partial charge in [-0.2, -0.15) is 0 Å². The zero-order valence-corrected chi connectivity index (χ0v) is 21.0. The van der Waals surface area contributed by atoms with E-state index in [0.717, 1.165) is 16.7 Å². The van der Waals surface area contributed by atoms with Gasteiger partial charge in [-0.3, -0.25) is 4.79 Å². The number of hydrogen-bond acceptors (Lipinski definition) is 7. The molecule has 7 heteroatoms. The van der Waals surface area contributed by atoms with E-state index in [1.54, 1.807) is 53.8 Å². The summed E-state index contributed by atoms with van der Waals surface area (Å²) < 4.78 is 27.4. The van der Waals surface area contributed by atoms with Crippen LogP contribution in [0.25, 0.3) is 12.2 Å². The number of allylic oxidation sites excluding steroid dienone is 2. The zero-order valence-electron chi connectivity index (χ0n) is 21.0. The molecule has 0 aliphatic carbocycles. The molecule has 3 rings (SSSR count). The van der Waals surface area contributed by atoms with Crippen LogP contribution in [0.1, 0.15) is 27.0 Å². The zero-order chi connectivity index (χ0) is 26.1. The van der Waals surface area contributed by atoms with Gasteiger partial charge in [0.25, 0.3) is 0 Å². The number of carbonyl (C=O) groups excluding carboxylic acids is 1. The van der Waals surface area contributed by atoms with Gasteiger partial charge >= 0.3 is 0 Å². The first-order valence-electron chi connectivity index (χ1n) is 11.2. The molecule has 1 N–H and O–H groups in total. The highest BCUT2D eigenvalue weighted by molar-refractivity contribution is 6.04. The maximum atomic E-state index is 12.5. The van der Waals surface area contributed by atoms with Crippen molar-refractivity contribution in [1.82, 2.24) is 0 Å². The maximum Gasteiger partial charge on any atom is 0.203 e. The van der Waals surface area contributed by atoms with Gasteiger partial charge in [0.05, 0.1) is 35.5 Å². The molecular formula is C29H30O7. The second-order valence-corrected chi connectivity index (χ2v) is 7.68. The van der Waals surface area contributed by atoms with E-state index in [1.807, 2.05) is 36.4 Å². The lowest BCUT2D eigenvalue weighted by Crippen LogP contribution is -1.99. The summed E-state index contributed by atoms with van der Waals surface area (Å²) in [6.07, 6.45) is 7.61. The summed E-state index contributed by atoms with van der Waals surface area (Å²) in [5.41, 5.74) is 3.09. The van der Waals surface area contributed by atoms with Gasteiger partial charge in [-0.1, -0.05) is 24.3 Å². The van der Waals surface area contributed by atoms with Gasteiger partial charge in [-0.05, 0) is 66.1 Å². The van der Waals surface area contributed by atoms with Crippen LogP contribution in [0.15, 0.2) is 60.7 Å². The number of hydrogen-bond donors (Lipinski definition) is 1. The van der Waals surface area contributed by atoms with Gasteiger partial charge < -0.3 is 28.8 Å². The molecule has 0 bridgehead atoms. The molecule has 0 radical (unpaired) electrons. The Bertz CT molecular complexity index is 1230. The minimum atomic E-state index is -0.161. The minimum Gasteiger partial charge on any atom is -0.508 e. The van der Waals surface area contributed by atoms with Crippen LogP contribution < -0.4 is 23.7 Å². The third kappa shape index (κ3) is 5.99. The van der Waals surface area contributed by atoms with Crippen LogP contribution >= 0.6 is 0 Å². The van der Waals surface area contributed by atoms with Crippen LogP contribution in [0.2, 0.25) is 0 Å². The van der Waals surface area contributed by atoms with Gasteiger partial charge in [0.1, 0.15) is 5.75 Å². The van der Waals surface area contributed by atoms with Gasteiger partial charge in [0.15, 0.2) is 28.8 Å². The fourth-order valence-corrected chi connectivity index (χ4v) is 3.76. The summed E-state index contributed by atoms with van der Waals surface area (Å²) in [4.78, 5) is 12.5. The summed E-state index contributed by atoms with van der Waals surface area (Å²) in [6, 6.07) is 13.6. The number of aromatic hydroxyl groups is 1. The molecule has 0 saturated heterocycles. The van der Waals surface area contributed by atoms with Crippen molar-refractivity contribution in [2.75, 3.05) is 35.5 Å². The Morgan fingerprint density at radius 1 is 0.750 bits per heavy atom. The smallest absolute Gasteiger partial charge is 0.203 e. The van der Waals surface area contributed by atoms with Crippen LogP contribution in [0.5, 0.6) is 34.5 Å². The summed E-state index contributed by atoms with van der Waals surface area (Å²) in [5, 5.41) is 9.44. The molecule has 0 atom stereocenters. The molecule has 0 unspecified atom stereocenters. The standard InChI is InChI=1S/C29H30O7/c1-32-25-16-13-20(10-9-19-17-26(33-2)29(36-5)27(18-19)34-3)23(28(25)35-4)7-6-8-24(31)21-11-14-22(30)15-12-21/h6,8-18,30H,7H2,1-5H3/b8-6-,10-9-. The largest absolute Gasteiger partial charge is 0.508 e. The summed E-state index contributed by atoms with van der Waals surface area (Å²) >= 11 is 0. The van der Waals surface area contributed by atoms with Crippen LogP contribution in [-0.2, 0) is 6.42 Å². The van der Waals surface area contributed by atoms with E-state index in [2.05, 4.69) is 0 Å². The molecule has 7 nitrogen and oxygen atoms in total. The van der Waals surface area contributed by atoms with E-state index in [-0.39, 0.29) is 11.5 Å². The fraction of sp³-hybridized carbons (Fsp3) is 0.207. The Balaban J connectivity index is 1.95. The number of benzene rings is 3. The Labute approximate surface area is 211 Å². The number of ketones is 1. The predicted molar refractivity (Wildman–Crippen MR) is 140 cm³/mol. The van der Waals surface area contributed by atoms with Crippen molar-refractivity contribution in [3.05, 3.63) is 82.9 Å². The Morgan fingerprint density at radius 2 is 1.36 bits per heavy atom. The van der Waals surface area contributed by atoms with E-state index in [4.69, 9.17) is 23.7 Å². The highest BCUT2D eigenvalue weighted by atomic mass is 16.5. The summed E-state index contributed by atoms with van der Waals surface area (Å²) in [7, 11) is 7.87. The number of rotatable bonds is 11. The van der Waals surface area contributed by atoms with Crippen molar-refractivity contribution >= 4 is 17.9 Å². The second kappa shape index (κ2) is 12.4. The van der Waals surface area contributed by atoms with E-state index in [9.17, 15) is 9.90 Å². The topological polar surface area (TPSA) is 83.5 Å². The van der Waals surface area contributed by atoms with Crippen LogP contribution in [0.4, 0.5) is 0 Å². The second-order valence-electron chi connectivity index (χ2n) is 7.68. The highest BCUT2D eigenvalue weighted by Gasteiger charge is 2.15. The summed E-state index contributed by atoms with van der Waals surface area (Å²) in [6.45, 7) is 0. The number of ether oxygens (including phenoxy) is 5. The lowest BCUT2D eigenvalue weighted by atomic mass is 10.00. The monoisotopic (exact) mass is 490 g/mol. The summed E-state index contributed by atoms with van der Waals surface area (Å²) in [5.74, 6) is 2.76. The molecule has 0 spiro atoms. The average Bonchev–Trinajstić information content (AvgIpc) is 2.91. The number of methoxy groups -OCH3 is 5. The molecule has 0 heterocycles. The Hall–Kier alpha value is -4.39. The number of carbonyl (C=O) groups is 1. The first-order chi connectivity index (χ1) is 17.4. The van der Waals surface area contributed by atoms with Crippen molar-refractivity contribution in [3.63, 3.8) is 0 Å². The molecule has 0 aliphatic rings. The van der Waals surface area contributed by atoms with E-state index in [0.29, 0.717) is 40.7 Å². The molecule has 0 fully saturated rings. The van der Waals surface area contributed by atoms with Gasteiger partial charge in [0.2, 0.25) is 5.75 Å². The lowest BCUT2D eigenvalue weighted by molar-refractivity contribution is 0.104. The molecule has 0 aromatic heterocycles. The third-order valence-corrected chi connectivity index (χ3v) is 5.57. The molecule has 0 aliphatic heterocycles. The van der Waals surface area contributed by atoms with Crippen LogP contribution in [0.3, 0.4) is 0 Å². The first-order valence-corrected chi connectivity index (χ1v) is 11.2. The predicted octanol–water partition coefficient (Wildman–Crippen LogP) is 5.59. The van der Waals surface area contributed by atoms with Crippen molar-refractivity contribution in [2.45, 2.75) is 6.42 Å². The molecule has 0 saturated carbocycles. The molecule has 3 aromatic rings. The first kappa shape index (κ1) is 26.2. The normalized spacial score (nSPS) is 11.0. The van der Waals surface area contributed by atoms with Crippen molar-refractivity contribution in [3.8, 4) is 34.5 Å². The molecule has 188 valence electrons. The Kier molecular flexibility index (Phi) is 9.00. The van der Waals surface area contributed by atoms with Crippen molar-refractivity contribution in [2.24, 2.45) is 0 Å². The molecule has 0 amide bonds. The fourth-order valence-electron chi connectivity index (χ4n) is 3.76. The number of phenols is 1. The van der Waals surface area contributed by atoms with E-state index >= 15 is 0 Å².